The fourth-order valence-corrected chi connectivity index (χ4v) is 5.07. The van der Waals surface area contributed by atoms with Gasteiger partial charge >= 0.3 is 0 Å². The van der Waals surface area contributed by atoms with Crippen LogP contribution in [0.3, 0.4) is 0 Å². The van der Waals surface area contributed by atoms with Gasteiger partial charge in [0.15, 0.2) is 0 Å². The van der Waals surface area contributed by atoms with E-state index in [1.54, 1.807) is 13.4 Å². The van der Waals surface area contributed by atoms with Gasteiger partial charge in [-0.25, -0.2) is 9.97 Å². The summed E-state index contributed by atoms with van der Waals surface area (Å²) in [5, 5.41) is 4.85. The van der Waals surface area contributed by atoms with E-state index >= 15 is 0 Å². The van der Waals surface area contributed by atoms with E-state index in [-0.39, 0.29) is 6.04 Å². The highest BCUT2D eigenvalue weighted by Crippen LogP contribution is 2.39. The van der Waals surface area contributed by atoms with E-state index in [0.717, 1.165) is 29.4 Å². The molecule has 5 nitrogen and oxygen atoms in total. The van der Waals surface area contributed by atoms with Crippen molar-refractivity contribution in [3.63, 3.8) is 0 Å². The molecule has 2 heterocycles. The minimum atomic E-state index is 0.267. The molecule has 3 aromatic rings. The summed E-state index contributed by atoms with van der Waals surface area (Å²) in [6, 6.07) is 8.53. The van der Waals surface area contributed by atoms with Crippen molar-refractivity contribution in [3.05, 3.63) is 46.6 Å². The normalized spacial score (nSPS) is 14.6. The molecule has 0 aliphatic heterocycles. The minimum Gasteiger partial charge on any atom is -0.496 e. The number of ether oxygens (including phenoxy) is 1. The van der Waals surface area contributed by atoms with Crippen molar-refractivity contribution in [2.45, 2.75) is 25.3 Å². The number of hydrogen-bond donors (Lipinski definition) is 2. The number of likely N-dealkylation sites (N-methyl/N-ethyl adjacent to an activating group) is 1. The Labute approximate surface area is 158 Å². The van der Waals surface area contributed by atoms with Crippen LogP contribution >= 0.6 is 11.3 Å². The minimum absolute atomic E-state index is 0.267. The quantitative estimate of drug-likeness (QED) is 0.701. The van der Waals surface area contributed by atoms with Crippen LogP contribution in [0.1, 0.15) is 28.5 Å². The average molecular weight is 370 g/mol. The lowest BCUT2D eigenvalue weighted by molar-refractivity contribution is -0.890. The molecule has 1 aliphatic carbocycles. The Kier molecular flexibility index (Phi) is 4.78. The second-order valence-corrected chi connectivity index (χ2v) is 8.10. The molecule has 1 atom stereocenters. The largest absolute Gasteiger partial charge is 0.496 e. The second-order valence-electron chi connectivity index (χ2n) is 7.01. The molecule has 1 aliphatic rings. The van der Waals surface area contributed by atoms with E-state index in [1.165, 1.54) is 39.1 Å². The molecule has 0 bridgehead atoms. The number of aryl methyl sites for hydroxylation is 2. The first-order valence-electron chi connectivity index (χ1n) is 9.11. The molecule has 6 heteroatoms. The summed E-state index contributed by atoms with van der Waals surface area (Å²) >= 11 is 1.83. The maximum Gasteiger partial charge on any atom is 0.138 e. The smallest absolute Gasteiger partial charge is 0.138 e. The van der Waals surface area contributed by atoms with Gasteiger partial charge < -0.3 is 15.0 Å². The van der Waals surface area contributed by atoms with Crippen LogP contribution in [-0.4, -0.2) is 37.7 Å². The van der Waals surface area contributed by atoms with Crippen molar-refractivity contribution in [1.82, 2.24) is 9.97 Å². The van der Waals surface area contributed by atoms with E-state index in [2.05, 4.69) is 41.5 Å². The van der Waals surface area contributed by atoms with E-state index in [9.17, 15) is 0 Å². The average Bonchev–Trinajstić information content (AvgIpc) is 3.23. The highest BCUT2D eigenvalue weighted by molar-refractivity contribution is 7.19. The van der Waals surface area contributed by atoms with E-state index in [1.807, 2.05) is 23.5 Å². The van der Waals surface area contributed by atoms with Gasteiger partial charge in [-0.1, -0.05) is 12.1 Å². The van der Waals surface area contributed by atoms with Crippen LogP contribution in [0.5, 0.6) is 5.75 Å². The van der Waals surface area contributed by atoms with Gasteiger partial charge in [0.2, 0.25) is 0 Å². The van der Waals surface area contributed by atoms with Crippen LogP contribution in [0.15, 0.2) is 30.6 Å². The number of benzene rings is 1. The van der Waals surface area contributed by atoms with Gasteiger partial charge in [-0.2, -0.15) is 0 Å². The van der Waals surface area contributed by atoms with Crippen LogP contribution in [0.25, 0.3) is 10.2 Å². The summed E-state index contributed by atoms with van der Waals surface area (Å²) in [5.74, 6) is 1.90. The predicted molar refractivity (Wildman–Crippen MR) is 106 cm³/mol. The maximum absolute atomic E-state index is 5.58. The van der Waals surface area contributed by atoms with Crippen LogP contribution in [-0.2, 0) is 12.8 Å². The first-order valence-corrected chi connectivity index (χ1v) is 9.92. The number of hydrogen-bond acceptors (Lipinski definition) is 5. The summed E-state index contributed by atoms with van der Waals surface area (Å²) in [4.78, 5) is 13.0. The topological polar surface area (TPSA) is 51.5 Å². The number of nitrogens with one attached hydrogen (secondary N) is 2. The number of fused-ring (bicyclic) bond motifs is 3. The molecule has 2 aromatic heterocycles. The van der Waals surface area contributed by atoms with Crippen LogP contribution in [0.4, 0.5) is 5.82 Å². The summed E-state index contributed by atoms with van der Waals surface area (Å²) < 4.78 is 5.58. The monoisotopic (exact) mass is 369 g/mol. The van der Waals surface area contributed by atoms with Gasteiger partial charge in [-0.3, -0.25) is 0 Å². The van der Waals surface area contributed by atoms with Crippen LogP contribution < -0.4 is 15.0 Å². The van der Waals surface area contributed by atoms with E-state index in [4.69, 9.17) is 4.74 Å². The zero-order chi connectivity index (χ0) is 18.1. The predicted octanol–water partition coefficient (Wildman–Crippen LogP) is 2.49. The zero-order valence-electron chi connectivity index (χ0n) is 15.5. The lowest BCUT2D eigenvalue weighted by atomic mass is 10.0. The van der Waals surface area contributed by atoms with Gasteiger partial charge in [0.05, 0.1) is 38.7 Å². The highest BCUT2D eigenvalue weighted by Gasteiger charge is 2.24. The Bertz CT molecular complexity index is 921. The van der Waals surface area contributed by atoms with Gasteiger partial charge in [0.1, 0.15) is 28.8 Å². The van der Waals surface area contributed by atoms with Crippen molar-refractivity contribution < 1.29 is 9.64 Å². The number of thiophene rings is 1. The molecule has 0 amide bonds. The van der Waals surface area contributed by atoms with E-state index in [0.29, 0.717) is 0 Å². The lowest BCUT2D eigenvalue weighted by Crippen LogP contribution is -3.06. The Morgan fingerprint density at radius 3 is 2.88 bits per heavy atom. The number of anilines is 1. The number of rotatable bonds is 6. The first kappa shape index (κ1) is 17.2. The fraction of sp³-hybridized carbons (Fsp3) is 0.400. The maximum atomic E-state index is 5.58. The molecule has 0 radical (unpaired) electrons. The molecular weight excluding hydrogens is 344 g/mol. The molecule has 0 saturated heterocycles. The van der Waals surface area contributed by atoms with Gasteiger partial charge in [-0.05, 0) is 37.0 Å². The highest BCUT2D eigenvalue weighted by atomic mass is 32.1. The third-order valence-corrected chi connectivity index (χ3v) is 6.39. The Balaban J connectivity index is 1.64. The second kappa shape index (κ2) is 7.21. The van der Waals surface area contributed by atoms with E-state index < -0.39 is 0 Å². The summed E-state index contributed by atoms with van der Waals surface area (Å²) in [6.07, 6.45) is 5.25. The molecule has 0 spiro atoms. The van der Waals surface area contributed by atoms with Crippen LogP contribution in [0, 0.1) is 0 Å². The summed E-state index contributed by atoms with van der Waals surface area (Å²) in [5.41, 5.74) is 2.67. The molecule has 1 aromatic carbocycles. The molecule has 136 valence electrons. The molecule has 26 heavy (non-hydrogen) atoms. The Hall–Kier alpha value is -2.18. The first-order chi connectivity index (χ1) is 12.7. The number of methoxy groups -OCH3 is 1. The number of aromatic nitrogens is 2. The van der Waals surface area contributed by atoms with Crippen molar-refractivity contribution in [2.24, 2.45) is 0 Å². The molecule has 2 N–H and O–H groups in total. The third-order valence-electron chi connectivity index (χ3n) is 5.19. The fourth-order valence-electron chi connectivity index (χ4n) is 3.84. The van der Waals surface area contributed by atoms with Crippen LogP contribution in [0.2, 0.25) is 0 Å². The standard InChI is InChI=1S/C20H24N4OS/c1-24(2)15(13-7-4-5-9-16(13)25-3)11-21-19-18-14-8-6-10-17(14)26-20(18)23-12-22-19/h4-5,7,9,12,15H,6,8,10-11H2,1-3H3,(H,21,22,23)/p+1/t15-/m1/s1. The van der Waals surface area contributed by atoms with Gasteiger partial charge in [-0.15, -0.1) is 11.3 Å². The zero-order valence-corrected chi connectivity index (χ0v) is 16.3. The number of nitrogens with zero attached hydrogens (tertiary/aromatic N) is 2. The number of quaternary nitrogens is 1. The Morgan fingerprint density at radius 2 is 2.08 bits per heavy atom. The van der Waals surface area contributed by atoms with Gasteiger partial charge in [0.25, 0.3) is 0 Å². The van der Waals surface area contributed by atoms with Crippen molar-refractivity contribution in [1.29, 1.82) is 0 Å². The Morgan fingerprint density at radius 1 is 1.23 bits per heavy atom. The molecule has 0 fully saturated rings. The number of para-hydroxylation sites is 1. The lowest BCUT2D eigenvalue weighted by Gasteiger charge is -2.24. The molecule has 0 unspecified atom stereocenters. The van der Waals surface area contributed by atoms with Gasteiger partial charge in [0, 0.05) is 4.88 Å². The van der Waals surface area contributed by atoms with Crippen molar-refractivity contribution in [3.8, 4) is 5.75 Å². The summed E-state index contributed by atoms with van der Waals surface area (Å²) in [6.45, 7) is 0.791. The molecular formula is C20H25N4OS+. The summed E-state index contributed by atoms with van der Waals surface area (Å²) in [7, 11) is 6.09. The molecule has 4 rings (SSSR count). The molecule has 0 saturated carbocycles. The SMILES string of the molecule is COc1ccccc1[C@@H](CNc1ncnc2sc3c(c12)CCC3)[NH+](C)C. The van der Waals surface area contributed by atoms with Crippen molar-refractivity contribution in [2.75, 3.05) is 33.1 Å². The van der Waals surface area contributed by atoms with Crippen molar-refractivity contribution >= 4 is 27.4 Å². The third kappa shape index (κ3) is 3.04.